The summed E-state index contributed by atoms with van der Waals surface area (Å²) in [5, 5.41) is 0. The fourth-order valence-corrected chi connectivity index (χ4v) is 3.05. The van der Waals surface area contributed by atoms with E-state index in [2.05, 4.69) is 20.8 Å². The average Bonchev–Trinajstić information content (AvgIpc) is 2.29. The second-order valence-corrected chi connectivity index (χ2v) is 6.09. The van der Waals surface area contributed by atoms with Gasteiger partial charge in [0.25, 0.3) is 0 Å². The number of ether oxygens (including phenoxy) is 1. The zero-order chi connectivity index (χ0) is 12.9. The van der Waals surface area contributed by atoms with Gasteiger partial charge in [-0.25, -0.2) is 0 Å². The zero-order valence-corrected chi connectivity index (χ0v) is 11.9. The first-order valence-corrected chi connectivity index (χ1v) is 7.05. The lowest BCUT2D eigenvalue weighted by atomic mass is 9.64. The molecule has 0 aliphatic heterocycles. The van der Waals surface area contributed by atoms with Crippen LogP contribution in [0.25, 0.3) is 0 Å². The lowest BCUT2D eigenvalue weighted by Crippen LogP contribution is -2.43. The maximum atomic E-state index is 12.5. The minimum Gasteiger partial charge on any atom is -0.384 e. The highest BCUT2D eigenvalue weighted by atomic mass is 16.5. The van der Waals surface area contributed by atoms with Gasteiger partial charge >= 0.3 is 0 Å². The van der Waals surface area contributed by atoms with E-state index in [1.807, 2.05) is 0 Å². The molecule has 17 heavy (non-hydrogen) atoms. The number of carbonyl (C=O) groups is 1. The third-order valence-electron chi connectivity index (χ3n) is 4.36. The van der Waals surface area contributed by atoms with Crippen LogP contribution in [0.1, 0.15) is 59.3 Å². The minimum absolute atomic E-state index is 0.179. The molecule has 0 saturated heterocycles. The number of ketones is 1. The Labute approximate surface area is 106 Å². The molecule has 1 fully saturated rings. The molecule has 1 rings (SSSR count). The summed E-state index contributed by atoms with van der Waals surface area (Å²) < 4.78 is 5.36. The minimum atomic E-state index is -0.179. The third-order valence-corrected chi connectivity index (χ3v) is 4.36. The zero-order valence-electron chi connectivity index (χ0n) is 11.9. The van der Waals surface area contributed by atoms with Gasteiger partial charge in [-0.1, -0.05) is 33.6 Å². The lowest BCUT2D eigenvalue weighted by molar-refractivity contribution is -0.138. The molecule has 2 nitrogen and oxygen atoms in total. The molecule has 2 atom stereocenters. The first-order valence-electron chi connectivity index (χ1n) is 7.05. The van der Waals surface area contributed by atoms with Crippen molar-refractivity contribution < 1.29 is 9.53 Å². The molecule has 0 aromatic carbocycles. The van der Waals surface area contributed by atoms with Crippen LogP contribution >= 0.6 is 0 Å². The maximum Gasteiger partial charge on any atom is 0.141 e. The third kappa shape index (κ3) is 3.54. The standard InChI is InChI=1S/C15H28O2/c1-12(2)8-9-14(16)15(11-17-4)10-6-5-7-13(15)3/h12-13H,5-11H2,1-4H3. The van der Waals surface area contributed by atoms with Crippen LogP contribution in [0, 0.1) is 17.3 Å². The van der Waals surface area contributed by atoms with E-state index in [1.165, 1.54) is 19.3 Å². The summed E-state index contributed by atoms with van der Waals surface area (Å²) in [6, 6.07) is 0. The molecule has 1 aliphatic rings. The van der Waals surface area contributed by atoms with E-state index >= 15 is 0 Å². The molecular formula is C15H28O2. The van der Waals surface area contributed by atoms with Gasteiger partial charge in [-0.2, -0.15) is 0 Å². The Hall–Kier alpha value is -0.370. The van der Waals surface area contributed by atoms with Crippen molar-refractivity contribution in [1.29, 1.82) is 0 Å². The van der Waals surface area contributed by atoms with Gasteiger partial charge in [-0.3, -0.25) is 4.79 Å². The molecule has 1 aliphatic carbocycles. The molecule has 0 heterocycles. The Bertz CT molecular complexity index is 243. The van der Waals surface area contributed by atoms with Gasteiger partial charge in [0, 0.05) is 13.5 Å². The summed E-state index contributed by atoms with van der Waals surface area (Å²) in [5.41, 5.74) is -0.179. The molecule has 0 aromatic rings. The van der Waals surface area contributed by atoms with Gasteiger partial charge in [0.15, 0.2) is 0 Å². The SMILES string of the molecule is COCC1(C(=O)CCC(C)C)CCCCC1C. The largest absolute Gasteiger partial charge is 0.384 e. The van der Waals surface area contributed by atoms with Crippen LogP contribution in [0.4, 0.5) is 0 Å². The molecule has 1 saturated carbocycles. The predicted octanol–water partition coefficient (Wildman–Crippen LogP) is 3.83. The Kier molecular flexibility index (Phi) is 5.64. The Morgan fingerprint density at radius 2 is 2.12 bits per heavy atom. The van der Waals surface area contributed by atoms with Crippen molar-refractivity contribution in [2.24, 2.45) is 17.3 Å². The number of Topliss-reactive ketones (excluding diaryl/α,β-unsaturated/α-hetero) is 1. The number of hydrogen-bond donors (Lipinski definition) is 0. The van der Waals surface area contributed by atoms with Gasteiger partial charge in [-0.05, 0) is 31.1 Å². The highest BCUT2D eigenvalue weighted by molar-refractivity contribution is 5.85. The first kappa shape index (κ1) is 14.7. The summed E-state index contributed by atoms with van der Waals surface area (Å²) in [4.78, 5) is 12.5. The molecule has 0 amide bonds. The second kappa shape index (κ2) is 6.53. The number of rotatable bonds is 6. The van der Waals surface area contributed by atoms with Crippen molar-refractivity contribution in [3.05, 3.63) is 0 Å². The van der Waals surface area contributed by atoms with Crippen molar-refractivity contribution in [3.8, 4) is 0 Å². The van der Waals surface area contributed by atoms with E-state index in [0.717, 1.165) is 19.3 Å². The predicted molar refractivity (Wildman–Crippen MR) is 71.0 cm³/mol. The van der Waals surface area contributed by atoms with Crippen LogP contribution in [0.2, 0.25) is 0 Å². The van der Waals surface area contributed by atoms with E-state index in [1.54, 1.807) is 7.11 Å². The van der Waals surface area contributed by atoms with Crippen LogP contribution in [0.15, 0.2) is 0 Å². The van der Waals surface area contributed by atoms with Gasteiger partial charge in [0.05, 0.1) is 12.0 Å². The number of methoxy groups -OCH3 is 1. The highest BCUT2D eigenvalue weighted by Gasteiger charge is 2.43. The number of carbonyl (C=O) groups excluding carboxylic acids is 1. The smallest absolute Gasteiger partial charge is 0.141 e. The molecule has 100 valence electrons. The quantitative estimate of drug-likeness (QED) is 0.705. The van der Waals surface area contributed by atoms with Crippen molar-refractivity contribution in [2.45, 2.75) is 59.3 Å². The molecule has 2 heteroatoms. The normalized spacial score (nSPS) is 29.6. The van der Waals surface area contributed by atoms with Crippen LogP contribution < -0.4 is 0 Å². The fraction of sp³-hybridized carbons (Fsp3) is 0.933. The van der Waals surface area contributed by atoms with E-state index in [-0.39, 0.29) is 5.41 Å². The van der Waals surface area contributed by atoms with Crippen molar-refractivity contribution >= 4 is 5.78 Å². The summed E-state index contributed by atoms with van der Waals surface area (Å²) in [5.74, 6) is 1.54. The highest BCUT2D eigenvalue weighted by Crippen LogP contribution is 2.43. The molecular weight excluding hydrogens is 212 g/mol. The Morgan fingerprint density at radius 1 is 1.41 bits per heavy atom. The summed E-state index contributed by atoms with van der Waals surface area (Å²) in [6.45, 7) is 7.21. The van der Waals surface area contributed by atoms with E-state index < -0.39 is 0 Å². The Morgan fingerprint density at radius 3 is 2.65 bits per heavy atom. The maximum absolute atomic E-state index is 12.5. The monoisotopic (exact) mass is 240 g/mol. The number of hydrogen-bond acceptors (Lipinski definition) is 2. The molecule has 0 bridgehead atoms. The molecule has 0 aromatic heterocycles. The second-order valence-electron chi connectivity index (χ2n) is 6.09. The van der Waals surface area contributed by atoms with Crippen LogP contribution in [-0.4, -0.2) is 19.5 Å². The van der Waals surface area contributed by atoms with E-state index in [9.17, 15) is 4.79 Å². The first-order chi connectivity index (χ1) is 8.03. The topological polar surface area (TPSA) is 26.3 Å². The lowest BCUT2D eigenvalue weighted by Gasteiger charge is -2.41. The molecule has 2 unspecified atom stereocenters. The summed E-state index contributed by atoms with van der Waals surface area (Å²) in [6.07, 6.45) is 6.39. The molecule has 0 radical (unpaired) electrons. The average molecular weight is 240 g/mol. The van der Waals surface area contributed by atoms with E-state index in [0.29, 0.717) is 24.2 Å². The molecule has 0 N–H and O–H groups in total. The summed E-state index contributed by atoms with van der Waals surface area (Å²) in [7, 11) is 1.72. The van der Waals surface area contributed by atoms with Crippen LogP contribution in [0.5, 0.6) is 0 Å². The van der Waals surface area contributed by atoms with Gasteiger partial charge in [-0.15, -0.1) is 0 Å². The van der Waals surface area contributed by atoms with Gasteiger partial charge < -0.3 is 4.74 Å². The Balaban J connectivity index is 2.71. The summed E-state index contributed by atoms with van der Waals surface area (Å²) >= 11 is 0. The van der Waals surface area contributed by atoms with Crippen LogP contribution in [0.3, 0.4) is 0 Å². The fourth-order valence-electron chi connectivity index (χ4n) is 3.05. The van der Waals surface area contributed by atoms with Gasteiger partial charge in [0.1, 0.15) is 5.78 Å². The van der Waals surface area contributed by atoms with E-state index in [4.69, 9.17) is 4.74 Å². The van der Waals surface area contributed by atoms with Crippen molar-refractivity contribution in [2.75, 3.05) is 13.7 Å². The van der Waals surface area contributed by atoms with Crippen molar-refractivity contribution in [1.82, 2.24) is 0 Å². The van der Waals surface area contributed by atoms with Gasteiger partial charge in [0.2, 0.25) is 0 Å². The molecule has 0 spiro atoms. The van der Waals surface area contributed by atoms with Crippen molar-refractivity contribution in [3.63, 3.8) is 0 Å². The van der Waals surface area contributed by atoms with Crippen LogP contribution in [-0.2, 0) is 9.53 Å².